The summed E-state index contributed by atoms with van der Waals surface area (Å²) in [5.74, 6) is -0.331. The van der Waals surface area contributed by atoms with Gasteiger partial charge in [-0.15, -0.1) is 5.10 Å². The molecule has 0 aliphatic carbocycles. The highest BCUT2D eigenvalue weighted by molar-refractivity contribution is 6.29. The number of aryl methyl sites for hydroxylation is 1. The SMILES string of the molecule is Cc1ccc(-n2cc(Cl)nn2)c(-c2cc(=O)n([C@H]3CCC[C@@H](C)CNc4cnn(C(F)F)c4-c4ccnc3c4)cn2)c1F. The first-order valence-corrected chi connectivity index (χ1v) is 14.1. The van der Waals surface area contributed by atoms with E-state index in [1.54, 1.807) is 31.2 Å². The van der Waals surface area contributed by atoms with E-state index < -0.39 is 24.0 Å². The van der Waals surface area contributed by atoms with Gasteiger partial charge in [0.15, 0.2) is 5.15 Å². The number of halogens is 4. The van der Waals surface area contributed by atoms with E-state index in [2.05, 4.69) is 37.6 Å². The quantitative estimate of drug-likeness (QED) is 0.264. The van der Waals surface area contributed by atoms with E-state index in [0.717, 1.165) is 12.8 Å². The second-order valence-electron chi connectivity index (χ2n) is 10.6. The first kappa shape index (κ1) is 28.6. The van der Waals surface area contributed by atoms with Crippen LogP contribution in [0, 0.1) is 18.7 Å². The Balaban J connectivity index is 1.45. The van der Waals surface area contributed by atoms with Gasteiger partial charge < -0.3 is 5.32 Å². The maximum absolute atomic E-state index is 15.5. The third kappa shape index (κ3) is 5.52. The second-order valence-corrected chi connectivity index (χ2v) is 11.0. The topological polar surface area (TPSA) is 108 Å². The lowest BCUT2D eigenvalue weighted by Crippen LogP contribution is -2.27. The summed E-state index contributed by atoms with van der Waals surface area (Å²) in [7, 11) is 0. The number of fused-ring (bicyclic) bond motifs is 4. The molecular weight excluding hydrogens is 583 g/mol. The molecule has 6 rings (SSSR count). The largest absolute Gasteiger partial charge is 0.382 e. The van der Waals surface area contributed by atoms with Crippen LogP contribution in [0.1, 0.15) is 50.0 Å². The molecule has 1 N–H and O–H groups in total. The van der Waals surface area contributed by atoms with Crippen LogP contribution in [0.4, 0.5) is 18.9 Å². The summed E-state index contributed by atoms with van der Waals surface area (Å²) in [6, 6.07) is 7.31. The molecule has 5 heterocycles. The van der Waals surface area contributed by atoms with Gasteiger partial charge in [0.25, 0.3) is 5.56 Å². The third-order valence-corrected chi connectivity index (χ3v) is 7.82. The second kappa shape index (κ2) is 11.6. The highest BCUT2D eigenvalue weighted by Crippen LogP contribution is 2.35. The van der Waals surface area contributed by atoms with Crippen LogP contribution >= 0.6 is 11.6 Å². The number of hydrogen-bond acceptors (Lipinski definition) is 7. The zero-order valence-electron chi connectivity index (χ0n) is 23.3. The lowest BCUT2D eigenvalue weighted by Gasteiger charge is -2.23. The fourth-order valence-corrected chi connectivity index (χ4v) is 5.55. The van der Waals surface area contributed by atoms with E-state index >= 15 is 4.39 Å². The predicted octanol–water partition coefficient (Wildman–Crippen LogP) is 6.07. The normalized spacial score (nSPS) is 17.2. The average molecular weight is 610 g/mol. The summed E-state index contributed by atoms with van der Waals surface area (Å²) in [5.41, 5.74) is 2.18. The fourth-order valence-electron chi connectivity index (χ4n) is 5.43. The number of anilines is 1. The Labute approximate surface area is 249 Å². The number of aromatic nitrogens is 8. The zero-order valence-corrected chi connectivity index (χ0v) is 24.0. The fraction of sp³-hybridized carbons (Fsp3) is 0.310. The summed E-state index contributed by atoms with van der Waals surface area (Å²) < 4.78 is 46.8. The highest BCUT2D eigenvalue weighted by Gasteiger charge is 2.25. The molecule has 43 heavy (non-hydrogen) atoms. The summed E-state index contributed by atoms with van der Waals surface area (Å²) in [4.78, 5) is 22.7. The zero-order chi connectivity index (χ0) is 30.2. The number of nitrogens with zero attached hydrogens (tertiary/aromatic N) is 8. The number of pyridine rings is 1. The molecule has 1 aliphatic heterocycles. The van der Waals surface area contributed by atoms with Crippen molar-refractivity contribution < 1.29 is 13.2 Å². The molecule has 2 bridgehead atoms. The van der Waals surface area contributed by atoms with Gasteiger partial charge in [0.05, 0.1) is 58.8 Å². The van der Waals surface area contributed by atoms with Gasteiger partial charge in [0, 0.05) is 24.4 Å². The molecular formula is C29H27ClF3N9O. The van der Waals surface area contributed by atoms with Gasteiger partial charge in [-0.25, -0.2) is 18.7 Å². The van der Waals surface area contributed by atoms with Crippen molar-refractivity contribution in [1.29, 1.82) is 0 Å². The Morgan fingerprint density at radius 3 is 2.72 bits per heavy atom. The number of rotatable bonds is 4. The molecule has 0 unspecified atom stereocenters. The van der Waals surface area contributed by atoms with E-state index in [1.807, 2.05) is 0 Å². The van der Waals surface area contributed by atoms with Gasteiger partial charge in [-0.3, -0.25) is 14.3 Å². The summed E-state index contributed by atoms with van der Waals surface area (Å²) in [5, 5.41) is 15.0. The van der Waals surface area contributed by atoms with E-state index in [9.17, 15) is 13.6 Å². The standard InChI is InChI=1S/C29H27ClF3N9O/c1-16-4-3-5-22(19-10-18(8-9-34-19)28-21(35-12-16)13-37-42(28)29(32)33)40-15-36-20(11-25(40)43)26-23(7-6-17(2)27(26)31)41-14-24(30)38-39-41/h6-11,13-16,22,29,35H,3-5,12H2,1-2H3/t16-,22+/m1/s1. The smallest absolute Gasteiger partial charge is 0.333 e. The molecule has 10 nitrogen and oxygen atoms in total. The summed E-state index contributed by atoms with van der Waals surface area (Å²) >= 11 is 5.95. The number of benzene rings is 1. The van der Waals surface area contributed by atoms with Gasteiger partial charge >= 0.3 is 6.55 Å². The van der Waals surface area contributed by atoms with Crippen LogP contribution in [0.3, 0.4) is 0 Å². The van der Waals surface area contributed by atoms with Gasteiger partial charge in [-0.1, -0.05) is 36.2 Å². The first-order valence-electron chi connectivity index (χ1n) is 13.7. The van der Waals surface area contributed by atoms with Crippen molar-refractivity contribution in [2.45, 2.75) is 45.7 Å². The first-order chi connectivity index (χ1) is 20.7. The number of nitrogens with one attached hydrogen (secondary N) is 1. The van der Waals surface area contributed by atoms with Gasteiger partial charge in [-0.05, 0) is 49.4 Å². The van der Waals surface area contributed by atoms with Crippen molar-refractivity contribution in [3.63, 3.8) is 0 Å². The molecule has 5 aromatic rings. The van der Waals surface area contributed by atoms with Crippen LogP contribution in [0.15, 0.2) is 60.0 Å². The van der Waals surface area contributed by atoms with Gasteiger partial charge in [0.1, 0.15) is 5.82 Å². The van der Waals surface area contributed by atoms with Crippen molar-refractivity contribution in [1.82, 2.24) is 39.3 Å². The average Bonchev–Trinajstić information content (AvgIpc) is 3.62. The number of hydrogen-bond donors (Lipinski definition) is 1. The molecule has 2 atom stereocenters. The van der Waals surface area contributed by atoms with E-state index in [-0.39, 0.29) is 28.0 Å². The Kier molecular flexibility index (Phi) is 7.74. The Hall–Kier alpha value is -4.52. The molecule has 1 aliphatic rings. The van der Waals surface area contributed by atoms with Crippen molar-refractivity contribution in [3.8, 4) is 28.2 Å². The Morgan fingerprint density at radius 1 is 1.14 bits per heavy atom. The number of alkyl halides is 2. The molecule has 14 heteroatoms. The maximum atomic E-state index is 15.5. The van der Waals surface area contributed by atoms with Crippen LogP contribution in [-0.2, 0) is 0 Å². The molecule has 222 valence electrons. The lowest BCUT2D eigenvalue weighted by molar-refractivity contribution is 0.0585. The molecule has 0 saturated carbocycles. The van der Waals surface area contributed by atoms with Crippen LogP contribution in [0.2, 0.25) is 5.15 Å². The van der Waals surface area contributed by atoms with Gasteiger partial charge in [-0.2, -0.15) is 13.9 Å². The molecule has 0 saturated heterocycles. The van der Waals surface area contributed by atoms with Crippen LogP contribution in [0.5, 0.6) is 0 Å². The molecule has 4 aromatic heterocycles. The summed E-state index contributed by atoms with van der Waals surface area (Å²) in [6.45, 7) is 1.41. The molecule has 0 spiro atoms. The van der Waals surface area contributed by atoms with Crippen molar-refractivity contribution in [2.75, 3.05) is 11.9 Å². The Bertz CT molecular complexity index is 1850. The van der Waals surface area contributed by atoms with Crippen LogP contribution < -0.4 is 10.9 Å². The minimum atomic E-state index is -2.84. The van der Waals surface area contributed by atoms with Crippen molar-refractivity contribution in [2.24, 2.45) is 5.92 Å². The Morgan fingerprint density at radius 2 is 1.98 bits per heavy atom. The molecule has 1 aromatic carbocycles. The van der Waals surface area contributed by atoms with Crippen LogP contribution in [0.25, 0.3) is 28.2 Å². The van der Waals surface area contributed by atoms with E-state index in [0.29, 0.717) is 45.8 Å². The van der Waals surface area contributed by atoms with E-state index in [4.69, 9.17) is 11.6 Å². The minimum Gasteiger partial charge on any atom is -0.382 e. The lowest BCUT2D eigenvalue weighted by atomic mass is 9.97. The predicted molar refractivity (Wildman–Crippen MR) is 155 cm³/mol. The minimum absolute atomic E-state index is 0.0822. The maximum Gasteiger partial charge on any atom is 0.333 e. The monoisotopic (exact) mass is 609 g/mol. The molecule has 0 fully saturated rings. The van der Waals surface area contributed by atoms with Gasteiger partial charge in [0.2, 0.25) is 0 Å². The van der Waals surface area contributed by atoms with Crippen molar-refractivity contribution in [3.05, 3.63) is 87.8 Å². The summed E-state index contributed by atoms with van der Waals surface area (Å²) in [6.07, 6.45) is 7.87. The molecule has 0 radical (unpaired) electrons. The van der Waals surface area contributed by atoms with E-state index in [1.165, 1.54) is 40.2 Å². The van der Waals surface area contributed by atoms with Crippen molar-refractivity contribution >= 4 is 17.3 Å². The van der Waals surface area contributed by atoms with Crippen LogP contribution in [-0.4, -0.2) is 45.9 Å². The highest BCUT2D eigenvalue weighted by atomic mass is 35.5. The third-order valence-electron chi connectivity index (χ3n) is 7.64. The molecule has 0 amide bonds.